The molecule has 0 heterocycles. The van der Waals surface area contributed by atoms with Crippen molar-refractivity contribution in [2.45, 2.75) is 26.7 Å². The van der Waals surface area contributed by atoms with Crippen LogP contribution in [0.3, 0.4) is 0 Å². The van der Waals surface area contributed by atoms with Crippen LogP contribution in [0.2, 0.25) is 0 Å². The van der Waals surface area contributed by atoms with Crippen LogP contribution in [-0.2, 0) is 6.42 Å². The zero-order valence-electron chi connectivity index (χ0n) is 9.87. The van der Waals surface area contributed by atoms with Gasteiger partial charge in [-0.05, 0) is 18.4 Å². The molecule has 0 aliphatic heterocycles. The first kappa shape index (κ1) is 12.2. The molecule has 0 saturated carbocycles. The third-order valence-electron chi connectivity index (χ3n) is 2.58. The zero-order valence-corrected chi connectivity index (χ0v) is 9.87. The number of nitrogens with one attached hydrogen (secondary N) is 1. The van der Waals surface area contributed by atoms with Crippen LogP contribution < -0.4 is 5.43 Å². The Morgan fingerprint density at radius 2 is 1.73 bits per heavy atom. The highest BCUT2D eigenvalue weighted by molar-refractivity contribution is 5.14. The number of aryl methyl sites for hydroxylation is 1. The maximum absolute atomic E-state index is 3.42. The SMILES string of the molecule is CCN(CC)NCCCc1ccccc1. The van der Waals surface area contributed by atoms with Crippen molar-refractivity contribution in [3.8, 4) is 0 Å². The summed E-state index contributed by atoms with van der Waals surface area (Å²) in [4.78, 5) is 0. The number of nitrogens with zero attached hydrogens (tertiary/aromatic N) is 1. The van der Waals surface area contributed by atoms with E-state index in [9.17, 15) is 0 Å². The molecule has 1 aromatic rings. The zero-order chi connectivity index (χ0) is 10.9. The summed E-state index contributed by atoms with van der Waals surface area (Å²) in [6.07, 6.45) is 2.36. The molecular formula is C13H22N2. The number of hydrogen-bond acceptors (Lipinski definition) is 2. The van der Waals surface area contributed by atoms with E-state index in [0.717, 1.165) is 26.1 Å². The number of hydrogen-bond donors (Lipinski definition) is 1. The van der Waals surface area contributed by atoms with E-state index in [-0.39, 0.29) is 0 Å². The Balaban J connectivity index is 2.12. The molecule has 0 atom stereocenters. The van der Waals surface area contributed by atoms with Crippen LogP contribution in [0.25, 0.3) is 0 Å². The fraction of sp³-hybridized carbons (Fsp3) is 0.538. The monoisotopic (exact) mass is 206 g/mol. The maximum atomic E-state index is 3.42. The average molecular weight is 206 g/mol. The number of benzene rings is 1. The van der Waals surface area contributed by atoms with E-state index in [0.29, 0.717) is 0 Å². The first-order chi connectivity index (χ1) is 7.36. The van der Waals surface area contributed by atoms with Crippen molar-refractivity contribution in [3.05, 3.63) is 35.9 Å². The molecular weight excluding hydrogens is 184 g/mol. The van der Waals surface area contributed by atoms with Crippen LogP contribution in [0.5, 0.6) is 0 Å². The van der Waals surface area contributed by atoms with Gasteiger partial charge in [0.1, 0.15) is 0 Å². The first-order valence-corrected chi connectivity index (χ1v) is 5.89. The molecule has 0 aliphatic carbocycles. The Kier molecular flexibility index (Phi) is 6.05. The third-order valence-corrected chi connectivity index (χ3v) is 2.58. The molecule has 1 N–H and O–H groups in total. The predicted molar refractivity (Wildman–Crippen MR) is 65.7 cm³/mol. The van der Waals surface area contributed by atoms with E-state index in [1.54, 1.807) is 0 Å². The Bertz CT molecular complexity index is 242. The maximum Gasteiger partial charge on any atom is 0.0105 e. The molecule has 0 bridgehead atoms. The molecule has 1 aromatic carbocycles. The van der Waals surface area contributed by atoms with Crippen molar-refractivity contribution >= 4 is 0 Å². The summed E-state index contributed by atoms with van der Waals surface area (Å²) in [6, 6.07) is 10.7. The van der Waals surface area contributed by atoms with Crippen LogP contribution in [-0.4, -0.2) is 24.6 Å². The normalized spacial score (nSPS) is 10.9. The molecule has 0 aromatic heterocycles. The summed E-state index contributed by atoms with van der Waals surface area (Å²) in [6.45, 7) is 7.56. The minimum absolute atomic E-state index is 1.07. The average Bonchev–Trinajstić information content (AvgIpc) is 2.31. The van der Waals surface area contributed by atoms with Gasteiger partial charge in [-0.15, -0.1) is 0 Å². The van der Waals surface area contributed by atoms with Crippen molar-refractivity contribution in [1.82, 2.24) is 10.4 Å². The minimum atomic E-state index is 1.07. The highest BCUT2D eigenvalue weighted by Crippen LogP contribution is 2.01. The van der Waals surface area contributed by atoms with E-state index in [2.05, 4.69) is 54.6 Å². The summed E-state index contributed by atoms with van der Waals surface area (Å²) in [5.41, 5.74) is 4.85. The van der Waals surface area contributed by atoms with Gasteiger partial charge in [0.05, 0.1) is 0 Å². The molecule has 0 amide bonds. The largest absolute Gasteiger partial charge is 0.255 e. The quantitative estimate of drug-likeness (QED) is 0.544. The van der Waals surface area contributed by atoms with Gasteiger partial charge in [0.15, 0.2) is 0 Å². The molecule has 0 radical (unpaired) electrons. The smallest absolute Gasteiger partial charge is 0.0105 e. The van der Waals surface area contributed by atoms with Crippen molar-refractivity contribution in [2.24, 2.45) is 0 Å². The van der Waals surface area contributed by atoms with E-state index in [1.807, 2.05) is 0 Å². The van der Waals surface area contributed by atoms with Gasteiger partial charge in [-0.3, -0.25) is 5.43 Å². The van der Waals surface area contributed by atoms with E-state index in [4.69, 9.17) is 0 Å². The van der Waals surface area contributed by atoms with E-state index >= 15 is 0 Å². The summed E-state index contributed by atoms with van der Waals surface area (Å²) >= 11 is 0. The fourth-order valence-corrected chi connectivity index (χ4v) is 1.62. The van der Waals surface area contributed by atoms with E-state index in [1.165, 1.54) is 12.0 Å². The number of hydrazine groups is 1. The molecule has 2 nitrogen and oxygen atoms in total. The van der Waals surface area contributed by atoms with Gasteiger partial charge in [0, 0.05) is 19.6 Å². The summed E-state index contributed by atoms with van der Waals surface area (Å²) in [5, 5.41) is 2.24. The topological polar surface area (TPSA) is 15.3 Å². The second kappa shape index (κ2) is 7.43. The lowest BCUT2D eigenvalue weighted by Gasteiger charge is -2.19. The summed E-state index contributed by atoms with van der Waals surface area (Å²) < 4.78 is 0. The van der Waals surface area contributed by atoms with E-state index < -0.39 is 0 Å². The van der Waals surface area contributed by atoms with Gasteiger partial charge in [-0.2, -0.15) is 0 Å². The highest BCUT2D eigenvalue weighted by Gasteiger charge is 1.96. The predicted octanol–water partition coefficient (Wildman–Crippen LogP) is 2.47. The van der Waals surface area contributed by atoms with Gasteiger partial charge in [-0.25, -0.2) is 5.01 Å². The van der Waals surface area contributed by atoms with Gasteiger partial charge in [-0.1, -0.05) is 44.2 Å². The Morgan fingerprint density at radius 3 is 2.33 bits per heavy atom. The second-order valence-corrected chi connectivity index (χ2v) is 3.67. The van der Waals surface area contributed by atoms with Crippen LogP contribution in [0.1, 0.15) is 25.8 Å². The van der Waals surface area contributed by atoms with Crippen LogP contribution in [0.4, 0.5) is 0 Å². The van der Waals surface area contributed by atoms with Crippen LogP contribution in [0.15, 0.2) is 30.3 Å². The summed E-state index contributed by atoms with van der Waals surface area (Å²) in [7, 11) is 0. The van der Waals surface area contributed by atoms with Gasteiger partial charge >= 0.3 is 0 Å². The first-order valence-electron chi connectivity index (χ1n) is 5.89. The molecule has 84 valence electrons. The van der Waals surface area contributed by atoms with Crippen molar-refractivity contribution in [2.75, 3.05) is 19.6 Å². The molecule has 0 unspecified atom stereocenters. The molecule has 0 aliphatic rings. The molecule has 0 spiro atoms. The Labute approximate surface area is 93.3 Å². The van der Waals surface area contributed by atoms with Crippen LogP contribution in [0, 0.1) is 0 Å². The second-order valence-electron chi connectivity index (χ2n) is 3.67. The lowest BCUT2D eigenvalue weighted by molar-refractivity contribution is 0.208. The molecule has 0 fully saturated rings. The Hall–Kier alpha value is -0.860. The van der Waals surface area contributed by atoms with Crippen molar-refractivity contribution in [1.29, 1.82) is 0 Å². The van der Waals surface area contributed by atoms with Gasteiger partial charge < -0.3 is 0 Å². The van der Waals surface area contributed by atoms with Crippen molar-refractivity contribution < 1.29 is 0 Å². The Morgan fingerprint density at radius 1 is 1.07 bits per heavy atom. The number of rotatable bonds is 7. The third kappa shape index (κ3) is 4.96. The van der Waals surface area contributed by atoms with Crippen molar-refractivity contribution in [3.63, 3.8) is 0 Å². The molecule has 0 saturated heterocycles. The van der Waals surface area contributed by atoms with Gasteiger partial charge in [0.2, 0.25) is 0 Å². The lowest BCUT2D eigenvalue weighted by Crippen LogP contribution is -2.38. The standard InChI is InChI=1S/C13H22N2/c1-3-15(4-2)14-12-8-11-13-9-6-5-7-10-13/h5-7,9-10,14H,3-4,8,11-12H2,1-2H3. The summed E-state index contributed by atoms with van der Waals surface area (Å²) in [5.74, 6) is 0. The van der Waals surface area contributed by atoms with Crippen LogP contribution >= 0.6 is 0 Å². The fourth-order valence-electron chi connectivity index (χ4n) is 1.62. The minimum Gasteiger partial charge on any atom is -0.255 e. The molecule has 1 rings (SSSR count). The molecule has 2 heteroatoms. The van der Waals surface area contributed by atoms with Gasteiger partial charge in [0.25, 0.3) is 0 Å². The lowest BCUT2D eigenvalue weighted by atomic mass is 10.1. The molecule has 15 heavy (non-hydrogen) atoms. The highest BCUT2D eigenvalue weighted by atomic mass is 15.5.